The minimum absolute atomic E-state index is 0.104. The van der Waals surface area contributed by atoms with Crippen LogP contribution in [-0.2, 0) is 4.79 Å². The molecule has 0 aliphatic heterocycles. The molecule has 0 unspecified atom stereocenters. The third kappa shape index (κ3) is 3.33. The Balaban J connectivity index is 1.87. The highest BCUT2D eigenvalue weighted by Crippen LogP contribution is 2.33. The van der Waals surface area contributed by atoms with Crippen molar-refractivity contribution in [2.24, 2.45) is 5.92 Å². The lowest BCUT2D eigenvalue weighted by Crippen LogP contribution is -2.37. The van der Waals surface area contributed by atoms with Gasteiger partial charge in [-0.3, -0.25) is 4.79 Å². The smallest absolute Gasteiger partial charge is 0.232 e. The molecule has 0 aromatic heterocycles. The third-order valence-corrected chi connectivity index (χ3v) is 4.23. The van der Waals surface area contributed by atoms with Crippen LogP contribution in [0.25, 0.3) is 0 Å². The van der Waals surface area contributed by atoms with Crippen molar-refractivity contribution in [3.8, 4) is 0 Å². The number of hydrogen-bond donors (Lipinski definition) is 1. The molecule has 1 aliphatic rings. The first-order valence-corrected chi connectivity index (χ1v) is 7.66. The molecule has 1 N–H and O–H groups in total. The summed E-state index contributed by atoms with van der Waals surface area (Å²) < 4.78 is 0. The Labute approximate surface area is 126 Å². The highest BCUT2D eigenvalue weighted by molar-refractivity contribution is 5.87. The Morgan fingerprint density at radius 3 is 1.86 bits per heavy atom. The SMILES string of the molecule is C[C@@H](NC(=O)C(c1ccccc1)c1ccccc1)C1CC1. The maximum Gasteiger partial charge on any atom is 0.232 e. The van der Waals surface area contributed by atoms with E-state index in [2.05, 4.69) is 12.2 Å². The van der Waals surface area contributed by atoms with Crippen molar-refractivity contribution in [1.29, 1.82) is 0 Å². The number of carbonyl (C=O) groups excluding carboxylic acids is 1. The van der Waals surface area contributed by atoms with Crippen LogP contribution in [-0.4, -0.2) is 11.9 Å². The molecular weight excluding hydrogens is 258 g/mol. The van der Waals surface area contributed by atoms with Crippen molar-refractivity contribution in [2.75, 3.05) is 0 Å². The van der Waals surface area contributed by atoms with E-state index in [-0.39, 0.29) is 17.9 Å². The van der Waals surface area contributed by atoms with Crippen molar-refractivity contribution in [2.45, 2.75) is 31.7 Å². The van der Waals surface area contributed by atoms with Gasteiger partial charge in [-0.1, -0.05) is 60.7 Å². The molecule has 2 aromatic carbocycles. The number of carbonyl (C=O) groups is 1. The monoisotopic (exact) mass is 279 g/mol. The molecule has 21 heavy (non-hydrogen) atoms. The summed E-state index contributed by atoms with van der Waals surface area (Å²) in [7, 11) is 0. The van der Waals surface area contributed by atoms with E-state index in [1.54, 1.807) is 0 Å². The van der Waals surface area contributed by atoms with Gasteiger partial charge in [-0.2, -0.15) is 0 Å². The first kappa shape index (κ1) is 13.9. The number of hydrogen-bond acceptors (Lipinski definition) is 1. The molecule has 1 atom stereocenters. The fraction of sp³-hybridized carbons (Fsp3) is 0.316. The van der Waals surface area contributed by atoms with Gasteiger partial charge in [-0.05, 0) is 36.8 Å². The molecule has 1 aliphatic carbocycles. The fourth-order valence-corrected chi connectivity index (χ4v) is 2.81. The van der Waals surface area contributed by atoms with E-state index in [1.165, 1.54) is 12.8 Å². The normalized spacial score (nSPS) is 15.7. The molecular formula is C19H21NO. The number of nitrogens with one attached hydrogen (secondary N) is 1. The summed E-state index contributed by atoms with van der Waals surface area (Å²) in [5.74, 6) is 0.543. The molecule has 3 rings (SSSR count). The first-order valence-electron chi connectivity index (χ1n) is 7.66. The summed E-state index contributed by atoms with van der Waals surface area (Å²) in [4.78, 5) is 12.8. The lowest BCUT2D eigenvalue weighted by Gasteiger charge is -2.21. The Morgan fingerprint density at radius 1 is 0.952 bits per heavy atom. The van der Waals surface area contributed by atoms with E-state index in [0.717, 1.165) is 11.1 Å². The first-order chi connectivity index (χ1) is 10.3. The zero-order valence-corrected chi connectivity index (χ0v) is 12.3. The van der Waals surface area contributed by atoms with Gasteiger partial charge in [0.1, 0.15) is 0 Å². The van der Waals surface area contributed by atoms with E-state index in [0.29, 0.717) is 5.92 Å². The van der Waals surface area contributed by atoms with E-state index in [9.17, 15) is 4.79 Å². The van der Waals surface area contributed by atoms with Gasteiger partial charge in [0.25, 0.3) is 0 Å². The molecule has 2 aromatic rings. The largest absolute Gasteiger partial charge is 0.353 e. The van der Waals surface area contributed by atoms with Crippen LogP contribution in [0.15, 0.2) is 60.7 Å². The van der Waals surface area contributed by atoms with Gasteiger partial charge >= 0.3 is 0 Å². The second-order valence-corrected chi connectivity index (χ2v) is 5.89. The summed E-state index contributed by atoms with van der Waals surface area (Å²) in [5, 5.41) is 3.20. The average Bonchev–Trinajstić information content (AvgIpc) is 3.34. The van der Waals surface area contributed by atoms with Crippen molar-refractivity contribution in [1.82, 2.24) is 5.32 Å². The van der Waals surface area contributed by atoms with Crippen LogP contribution in [0.3, 0.4) is 0 Å². The molecule has 1 amide bonds. The van der Waals surface area contributed by atoms with E-state index >= 15 is 0 Å². The van der Waals surface area contributed by atoms with Crippen LogP contribution in [0.5, 0.6) is 0 Å². The predicted octanol–water partition coefficient (Wildman–Crippen LogP) is 3.73. The maximum atomic E-state index is 12.8. The third-order valence-electron chi connectivity index (χ3n) is 4.23. The highest BCUT2D eigenvalue weighted by Gasteiger charge is 2.31. The molecule has 108 valence electrons. The zero-order valence-electron chi connectivity index (χ0n) is 12.3. The lowest BCUT2D eigenvalue weighted by molar-refractivity contribution is -0.122. The second kappa shape index (κ2) is 6.13. The van der Waals surface area contributed by atoms with E-state index in [4.69, 9.17) is 0 Å². The molecule has 1 fully saturated rings. The zero-order chi connectivity index (χ0) is 14.7. The van der Waals surface area contributed by atoms with E-state index < -0.39 is 0 Å². The summed E-state index contributed by atoms with van der Waals surface area (Å²) in [6, 6.07) is 20.3. The van der Waals surface area contributed by atoms with Crippen LogP contribution in [0.2, 0.25) is 0 Å². The minimum atomic E-state index is -0.228. The summed E-state index contributed by atoms with van der Waals surface area (Å²) >= 11 is 0. The van der Waals surface area contributed by atoms with Crippen molar-refractivity contribution >= 4 is 5.91 Å². The molecule has 0 heterocycles. The molecule has 0 bridgehead atoms. The lowest BCUT2D eigenvalue weighted by atomic mass is 9.90. The molecule has 0 spiro atoms. The van der Waals surface area contributed by atoms with Crippen molar-refractivity contribution < 1.29 is 4.79 Å². The molecule has 1 saturated carbocycles. The molecule has 0 radical (unpaired) electrons. The summed E-state index contributed by atoms with van der Waals surface area (Å²) in [5.41, 5.74) is 2.09. The van der Waals surface area contributed by atoms with Gasteiger partial charge in [0.2, 0.25) is 5.91 Å². The van der Waals surface area contributed by atoms with Crippen LogP contribution in [0, 0.1) is 5.92 Å². The van der Waals surface area contributed by atoms with Gasteiger partial charge in [0, 0.05) is 6.04 Å². The summed E-state index contributed by atoms with van der Waals surface area (Å²) in [6.07, 6.45) is 2.48. The topological polar surface area (TPSA) is 29.1 Å². The number of benzene rings is 2. The average molecular weight is 279 g/mol. The standard InChI is InChI=1S/C19H21NO/c1-14(15-12-13-15)20-19(21)18(16-8-4-2-5-9-16)17-10-6-3-7-11-17/h2-11,14-15,18H,12-13H2,1H3,(H,20,21)/t14-/m1/s1. The molecule has 2 heteroatoms. The van der Waals surface area contributed by atoms with Gasteiger partial charge in [-0.15, -0.1) is 0 Å². The van der Waals surface area contributed by atoms with Gasteiger partial charge in [0.15, 0.2) is 0 Å². The van der Waals surface area contributed by atoms with Crippen molar-refractivity contribution in [3.63, 3.8) is 0 Å². The number of rotatable bonds is 5. The predicted molar refractivity (Wildman–Crippen MR) is 85.1 cm³/mol. The molecule has 0 saturated heterocycles. The Morgan fingerprint density at radius 2 is 1.43 bits per heavy atom. The van der Waals surface area contributed by atoms with Crippen LogP contribution in [0.4, 0.5) is 0 Å². The van der Waals surface area contributed by atoms with Crippen LogP contribution < -0.4 is 5.32 Å². The van der Waals surface area contributed by atoms with Crippen LogP contribution >= 0.6 is 0 Å². The van der Waals surface area contributed by atoms with Crippen LogP contribution in [0.1, 0.15) is 36.8 Å². The number of amides is 1. The Kier molecular flexibility index (Phi) is 4.05. The Bertz CT molecular complexity index is 550. The summed E-state index contributed by atoms with van der Waals surface area (Å²) in [6.45, 7) is 2.11. The van der Waals surface area contributed by atoms with E-state index in [1.807, 2.05) is 60.7 Å². The van der Waals surface area contributed by atoms with Gasteiger partial charge in [0.05, 0.1) is 5.92 Å². The quantitative estimate of drug-likeness (QED) is 0.887. The maximum absolute atomic E-state index is 12.8. The van der Waals surface area contributed by atoms with Gasteiger partial charge in [-0.25, -0.2) is 0 Å². The van der Waals surface area contributed by atoms with Crippen molar-refractivity contribution in [3.05, 3.63) is 71.8 Å². The minimum Gasteiger partial charge on any atom is -0.353 e. The van der Waals surface area contributed by atoms with Gasteiger partial charge < -0.3 is 5.32 Å². The second-order valence-electron chi connectivity index (χ2n) is 5.89. The Hall–Kier alpha value is -2.09. The highest BCUT2D eigenvalue weighted by atomic mass is 16.1. The fourth-order valence-electron chi connectivity index (χ4n) is 2.81. The molecule has 2 nitrogen and oxygen atoms in total.